The van der Waals surface area contributed by atoms with E-state index in [4.69, 9.17) is 16.6 Å². The fraction of sp³-hybridized carbons (Fsp3) is 0.818. The van der Waals surface area contributed by atoms with Crippen LogP contribution in [-0.2, 0) is 9.59 Å². The van der Waals surface area contributed by atoms with E-state index in [1.807, 2.05) is 13.8 Å². The Labute approximate surface area is 102 Å². The molecule has 0 spiro atoms. The molecule has 0 saturated heterocycles. The van der Waals surface area contributed by atoms with Crippen LogP contribution >= 0.6 is 0 Å². The van der Waals surface area contributed by atoms with Gasteiger partial charge in [-0.15, -0.1) is 0 Å². The maximum atomic E-state index is 12.0. The van der Waals surface area contributed by atoms with Gasteiger partial charge in [0.05, 0.1) is 19.1 Å². The summed E-state index contributed by atoms with van der Waals surface area (Å²) in [6.07, 6.45) is 1.40. The number of hydrogen-bond acceptors (Lipinski definition) is 4. The maximum Gasteiger partial charge on any atom is 0.240 e. The normalized spacial score (nSPS) is 12.5. The maximum absolute atomic E-state index is 12.0. The number of primary amides is 1. The molecule has 0 fully saturated rings. The molecule has 0 aliphatic carbocycles. The molecule has 1 atom stereocenters. The Morgan fingerprint density at radius 2 is 1.82 bits per heavy atom. The Hall–Kier alpha value is -1.14. The fourth-order valence-electron chi connectivity index (χ4n) is 1.83. The summed E-state index contributed by atoms with van der Waals surface area (Å²) in [6.45, 7) is 4.04. The molecule has 0 bridgehead atoms. The smallest absolute Gasteiger partial charge is 0.240 e. The van der Waals surface area contributed by atoms with Crippen molar-refractivity contribution >= 4 is 11.8 Å². The Kier molecular flexibility index (Phi) is 7.49. The van der Waals surface area contributed by atoms with Gasteiger partial charge in [0.1, 0.15) is 0 Å². The molecule has 0 aromatic carbocycles. The summed E-state index contributed by atoms with van der Waals surface area (Å²) in [5.74, 6) is -0.925. The summed E-state index contributed by atoms with van der Waals surface area (Å²) in [4.78, 5) is 24.3. The average molecular weight is 245 g/mol. The summed E-state index contributed by atoms with van der Waals surface area (Å²) in [5.41, 5.74) is 10.6. The van der Waals surface area contributed by atoms with Crippen molar-refractivity contribution in [1.82, 2.24) is 4.90 Å². The second kappa shape index (κ2) is 8.03. The zero-order valence-corrected chi connectivity index (χ0v) is 10.6. The van der Waals surface area contributed by atoms with Crippen molar-refractivity contribution < 1.29 is 14.7 Å². The molecule has 6 nitrogen and oxygen atoms in total. The lowest BCUT2D eigenvalue weighted by Gasteiger charge is -2.31. The fourth-order valence-corrected chi connectivity index (χ4v) is 1.83. The highest BCUT2D eigenvalue weighted by Crippen LogP contribution is 2.10. The minimum absolute atomic E-state index is 0.0357. The third kappa shape index (κ3) is 5.14. The quantitative estimate of drug-likeness (QED) is 0.520. The summed E-state index contributed by atoms with van der Waals surface area (Å²) < 4.78 is 0. The summed E-state index contributed by atoms with van der Waals surface area (Å²) in [7, 11) is 0. The van der Waals surface area contributed by atoms with Crippen LogP contribution in [0.15, 0.2) is 0 Å². The topological polar surface area (TPSA) is 110 Å². The Bertz CT molecular complexity index is 254. The first-order valence-corrected chi connectivity index (χ1v) is 5.93. The van der Waals surface area contributed by atoms with E-state index in [1.165, 1.54) is 4.90 Å². The zero-order valence-electron chi connectivity index (χ0n) is 10.6. The van der Waals surface area contributed by atoms with Crippen LogP contribution in [0.25, 0.3) is 0 Å². The molecular weight excluding hydrogens is 222 g/mol. The molecule has 0 aromatic heterocycles. The monoisotopic (exact) mass is 245 g/mol. The lowest BCUT2D eigenvalue weighted by atomic mass is 10.1. The molecule has 0 rings (SSSR count). The second-order valence-electron chi connectivity index (χ2n) is 4.00. The van der Waals surface area contributed by atoms with Crippen molar-refractivity contribution in [3.8, 4) is 0 Å². The van der Waals surface area contributed by atoms with E-state index in [1.54, 1.807) is 0 Å². The van der Waals surface area contributed by atoms with Gasteiger partial charge in [0.15, 0.2) is 0 Å². The standard InChI is InChI=1S/C11H23N3O3/c1-3-8(4-2)14(5-6-15)11(17)9(12)7-10(13)16/h8-9,15H,3-7,12H2,1-2H3,(H2,13,16). The molecule has 1 unspecified atom stereocenters. The van der Waals surface area contributed by atoms with Crippen LogP contribution in [0.1, 0.15) is 33.1 Å². The van der Waals surface area contributed by atoms with Crippen LogP contribution in [0.3, 0.4) is 0 Å². The molecular formula is C11H23N3O3. The highest BCUT2D eigenvalue weighted by Gasteiger charge is 2.26. The molecule has 17 heavy (non-hydrogen) atoms. The van der Waals surface area contributed by atoms with Crippen molar-refractivity contribution in [3.63, 3.8) is 0 Å². The molecule has 0 aromatic rings. The third-order valence-corrected chi connectivity index (χ3v) is 2.75. The van der Waals surface area contributed by atoms with Gasteiger partial charge in [-0.1, -0.05) is 13.8 Å². The molecule has 0 heterocycles. The van der Waals surface area contributed by atoms with Gasteiger partial charge in [-0.3, -0.25) is 9.59 Å². The van der Waals surface area contributed by atoms with Crippen molar-refractivity contribution in [3.05, 3.63) is 0 Å². The van der Waals surface area contributed by atoms with E-state index in [0.717, 1.165) is 12.8 Å². The molecule has 6 heteroatoms. The SMILES string of the molecule is CCC(CC)N(CCO)C(=O)C(N)CC(N)=O. The summed E-state index contributed by atoms with van der Waals surface area (Å²) in [5, 5.41) is 8.96. The van der Waals surface area contributed by atoms with Gasteiger partial charge in [-0.2, -0.15) is 0 Å². The van der Waals surface area contributed by atoms with Gasteiger partial charge in [-0.05, 0) is 12.8 Å². The number of carbonyl (C=O) groups excluding carboxylic acids is 2. The predicted octanol–water partition coefficient (Wildman–Crippen LogP) is -0.801. The Morgan fingerprint density at radius 1 is 1.29 bits per heavy atom. The van der Waals surface area contributed by atoms with Gasteiger partial charge >= 0.3 is 0 Å². The zero-order chi connectivity index (χ0) is 13.4. The number of rotatable bonds is 8. The van der Waals surface area contributed by atoms with Gasteiger partial charge in [-0.25, -0.2) is 0 Å². The van der Waals surface area contributed by atoms with Crippen molar-refractivity contribution in [2.45, 2.75) is 45.2 Å². The van der Waals surface area contributed by atoms with Crippen molar-refractivity contribution in [2.24, 2.45) is 11.5 Å². The first-order valence-electron chi connectivity index (χ1n) is 5.93. The third-order valence-electron chi connectivity index (χ3n) is 2.75. The number of carbonyl (C=O) groups is 2. The number of nitrogens with two attached hydrogens (primary N) is 2. The van der Waals surface area contributed by atoms with Crippen LogP contribution in [0.4, 0.5) is 0 Å². The Morgan fingerprint density at radius 3 is 2.18 bits per heavy atom. The van der Waals surface area contributed by atoms with Gasteiger partial charge < -0.3 is 21.5 Å². The first kappa shape index (κ1) is 15.9. The van der Waals surface area contributed by atoms with E-state index in [2.05, 4.69) is 0 Å². The number of nitrogens with zero attached hydrogens (tertiary/aromatic N) is 1. The predicted molar refractivity (Wildman–Crippen MR) is 65.0 cm³/mol. The van der Waals surface area contributed by atoms with E-state index < -0.39 is 11.9 Å². The van der Waals surface area contributed by atoms with Gasteiger partial charge in [0.2, 0.25) is 11.8 Å². The summed E-state index contributed by atoms with van der Waals surface area (Å²) in [6, 6.07) is -0.881. The minimum Gasteiger partial charge on any atom is -0.395 e. The van der Waals surface area contributed by atoms with Crippen LogP contribution in [0.2, 0.25) is 0 Å². The van der Waals surface area contributed by atoms with E-state index >= 15 is 0 Å². The lowest BCUT2D eigenvalue weighted by molar-refractivity contribution is -0.137. The lowest BCUT2D eigenvalue weighted by Crippen LogP contribution is -2.50. The van der Waals surface area contributed by atoms with Gasteiger partial charge in [0.25, 0.3) is 0 Å². The summed E-state index contributed by atoms with van der Waals surface area (Å²) >= 11 is 0. The molecule has 5 N–H and O–H groups in total. The minimum atomic E-state index is -0.917. The Balaban J connectivity index is 4.67. The van der Waals surface area contributed by atoms with Crippen molar-refractivity contribution in [2.75, 3.05) is 13.2 Å². The average Bonchev–Trinajstić information content (AvgIpc) is 2.27. The number of amides is 2. The van der Waals surface area contributed by atoms with Gasteiger partial charge in [0, 0.05) is 12.6 Å². The number of aliphatic hydroxyl groups is 1. The highest BCUT2D eigenvalue weighted by atomic mass is 16.3. The van der Waals surface area contributed by atoms with E-state index in [9.17, 15) is 9.59 Å². The first-order chi connectivity index (χ1) is 7.97. The van der Waals surface area contributed by atoms with Crippen molar-refractivity contribution in [1.29, 1.82) is 0 Å². The largest absolute Gasteiger partial charge is 0.395 e. The molecule has 0 aliphatic rings. The van der Waals surface area contributed by atoms with Crippen LogP contribution in [0, 0.1) is 0 Å². The van der Waals surface area contributed by atoms with E-state index in [-0.39, 0.29) is 31.5 Å². The molecule has 0 aliphatic heterocycles. The molecule has 2 amide bonds. The highest BCUT2D eigenvalue weighted by molar-refractivity contribution is 5.87. The van der Waals surface area contributed by atoms with Crippen LogP contribution < -0.4 is 11.5 Å². The van der Waals surface area contributed by atoms with E-state index in [0.29, 0.717) is 0 Å². The second-order valence-corrected chi connectivity index (χ2v) is 4.00. The molecule has 100 valence electrons. The molecule has 0 saturated carbocycles. The number of aliphatic hydroxyl groups excluding tert-OH is 1. The molecule has 0 radical (unpaired) electrons. The number of hydrogen-bond donors (Lipinski definition) is 3. The van der Waals surface area contributed by atoms with Crippen LogP contribution in [0.5, 0.6) is 0 Å². The van der Waals surface area contributed by atoms with Crippen LogP contribution in [-0.4, -0.2) is 47.1 Å².